The monoisotopic (exact) mass is 640 g/mol. The van der Waals surface area contributed by atoms with E-state index >= 15 is 0 Å². The Morgan fingerprint density at radius 1 is 1.02 bits per heavy atom. The summed E-state index contributed by atoms with van der Waals surface area (Å²) >= 11 is 0. The molecule has 0 saturated heterocycles. The van der Waals surface area contributed by atoms with Gasteiger partial charge in [-0.25, -0.2) is 18.1 Å². The predicted octanol–water partition coefficient (Wildman–Crippen LogP) is 6.32. The number of nitrogens with one attached hydrogen (secondary N) is 3. The highest BCUT2D eigenvalue weighted by Crippen LogP contribution is 2.35. The van der Waals surface area contributed by atoms with Crippen molar-refractivity contribution in [3.05, 3.63) is 66.0 Å². The first kappa shape index (κ1) is 32.5. The van der Waals surface area contributed by atoms with Crippen LogP contribution in [0.3, 0.4) is 0 Å². The lowest BCUT2D eigenvalue weighted by Gasteiger charge is -2.17. The van der Waals surface area contributed by atoms with Crippen LogP contribution in [-0.2, 0) is 17.1 Å². The van der Waals surface area contributed by atoms with Crippen LogP contribution in [0.4, 0.5) is 24.8 Å². The van der Waals surface area contributed by atoms with Crippen molar-refractivity contribution in [1.29, 1.82) is 0 Å². The maximum atomic E-state index is 12.8. The van der Waals surface area contributed by atoms with E-state index in [0.717, 1.165) is 5.52 Å². The van der Waals surface area contributed by atoms with Crippen molar-refractivity contribution in [2.45, 2.75) is 45.2 Å². The van der Waals surface area contributed by atoms with E-state index < -0.39 is 27.5 Å². The number of halogens is 3. The zero-order valence-corrected chi connectivity index (χ0v) is 25.5. The van der Waals surface area contributed by atoms with E-state index in [-0.39, 0.29) is 34.7 Å². The van der Waals surface area contributed by atoms with E-state index in [2.05, 4.69) is 30.1 Å². The fourth-order valence-corrected chi connectivity index (χ4v) is 4.86. The van der Waals surface area contributed by atoms with Crippen LogP contribution in [0.5, 0.6) is 17.2 Å². The molecule has 0 aliphatic carbocycles. The summed E-state index contributed by atoms with van der Waals surface area (Å²) in [5, 5.41) is 5.19. The van der Waals surface area contributed by atoms with Gasteiger partial charge in [0.2, 0.25) is 16.0 Å². The van der Waals surface area contributed by atoms with Gasteiger partial charge in [-0.2, -0.15) is 0 Å². The van der Waals surface area contributed by atoms with Gasteiger partial charge in [0.15, 0.2) is 0 Å². The number of amides is 1. The summed E-state index contributed by atoms with van der Waals surface area (Å²) < 4.78 is 76.5. The molecule has 15 heteroatoms. The summed E-state index contributed by atoms with van der Waals surface area (Å²) in [5.74, 6) is 0.277. The second-order valence-corrected chi connectivity index (χ2v) is 12.8. The molecule has 0 bridgehead atoms. The molecule has 0 fully saturated rings. The second-order valence-electron chi connectivity index (χ2n) is 10.4. The van der Waals surface area contributed by atoms with Crippen LogP contribution in [0.15, 0.2) is 54.7 Å². The van der Waals surface area contributed by atoms with Gasteiger partial charge in [-0.3, -0.25) is 9.78 Å². The molecule has 0 atom stereocenters. The molecule has 0 saturated carbocycles. The maximum absolute atomic E-state index is 12.8. The van der Waals surface area contributed by atoms with Crippen LogP contribution in [-0.4, -0.2) is 53.6 Å². The van der Waals surface area contributed by atoms with Crippen molar-refractivity contribution in [1.82, 2.24) is 24.6 Å². The zero-order chi connectivity index (χ0) is 32.2. The number of carbonyl (C=O) groups excluding carboxylic acids is 1. The third-order valence-corrected chi connectivity index (χ3v) is 8.35. The minimum Gasteiger partial charge on any atom is -0.457 e. The number of anilines is 2. The third kappa shape index (κ3) is 8.17. The number of nitrogens with zero attached hydrogens (tertiary/aromatic N) is 3. The Balaban J connectivity index is 0.00000368. The molecule has 0 radical (unpaired) electrons. The van der Waals surface area contributed by atoms with Gasteiger partial charge in [0, 0.05) is 48.4 Å². The Bertz CT molecular complexity index is 1770. The first-order valence-corrected chi connectivity index (χ1v) is 15.2. The molecular formula is C29H39F3N6O5S. The summed E-state index contributed by atoms with van der Waals surface area (Å²) in [6, 6.07) is 12.6. The van der Waals surface area contributed by atoms with Gasteiger partial charge in [-0.05, 0) is 61.7 Å². The largest absolute Gasteiger partial charge is 0.573 e. The number of aryl methyl sites for hydroxylation is 1. The number of fused-ring (bicyclic) bond motifs is 1. The lowest BCUT2D eigenvalue weighted by molar-refractivity contribution is -0.274. The lowest BCUT2D eigenvalue weighted by Crippen LogP contribution is -2.37. The van der Waals surface area contributed by atoms with E-state index in [1.165, 1.54) is 24.4 Å². The molecule has 4 rings (SSSR count). The Labute approximate surface area is 257 Å². The Hall–Kier alpha value is -4.37. The number of ether oxygens (including phenoxy) is 2. The quantitative estimate of drug-likeness (QED) is 0.153. The Morgan fingerprint density at radius 2 is 1.75 bits per heavy atom. The van der Waals surface area contributed by atoms with Gasteiger partial charge in [0.1, 0.15) is 22.9 Å². The summed E-state index contributed by atoms with van der Waals surface area (Å²) in [5.41, 5.74) is 2.38. The molecule has 2 heterocycles. The van der Waals surface area contributed by atoms with Gasteiger partial charge in [-0.15, -0.1) is 13.2 Å². The van der Waals surface area contributed by atoms with Crippen molar-refractivity contribution >= 4 is 38.6 Å². The Morgan fingerprint density at radius 3 is 2.43 bits per heavy atom. The highest BCUT2D eigenvalue weighted by atomic mass is 32.2. The average molecular weight is 641 g/mol. The standard InChI is InChI=1S/C29H33F3N6O5S.3H2/c1-17(2)22-14-19(6-9-26(22)43-29(30,31)32)36-28-37-23-15-20(7-8-25(23)38(28)5)42-21-10-11-33-24(16-21)27(39)34-12-13-35-44(40,41)18(3)4;;;/h6-11,14-18,35H,12-13H2,1-5H3,(H,34,39)(H,36,37);3*1H. The fraction of sp³-hybridized carbons (Fsp3) is 0.345. The van der Waals surface area contributed by atoms with Crippen LogP contribution < -0.4 is 24.8 Å². The normalized spacial score (nSPS) is 12.1. The van der Waals surface area contributed by atoms with Crippen LogP contribution in [0.25, 0.3) is 11.0 Å². The number of alkyl halides is 3. The van der Waals surface area contributed by atoms with Crippen molar-refractivity contribution in [3.8, 4) is 17.2 Å². The van der Waals surface area contributed by atoms with Crippen LogP contribution in [0, 0.1) is 0 Å². The predicted molar refractivity (Wildman–Crippen MR) is 166 cm³/mol. The number of benzene rings is 2. The summed E-state index contributed by atoms with van der Waals surface area (Å²) in [4.78, 5) is 21.2. The number of sulfonamides is 1. The van der Waals surface area contributed by atoms with Crippen molar-refractivity contribution < 1.29 is 40.1 Å². The van der Waals surface area contributed by atoms with E-state index in [1.807, 2.05) is 0 Å². The first-order chi connectivity index (χ1) is 20.6. The smallest absolute Gasteiger partial charge is 0.457 e. The molecule has 2 aromatic carbocycles. The van der Waals surface area contributed by atoms with Gasteiger partial charge in [0.25, 0.3) is 5.91 Å². The molecule has 4 aromatic rings. The SMILES string of the molecule is CC(C)c1cc(Nc2nc3cc(Oc4ccnc(C(=O)NCCNS(=O)(=O)C(C)C)c4)ccc3n2C)ccc1OC(F)(F)F.[HH].[HH].[HH]. The number of rotatable bonds is 12. The van der Waals surface area contributed by atoms with E-state index in [0.29, 0.717) is 34.2 Å². The van der Waals surface area contributed by atoms with E-state index in [4.69, 9.17) is 4.74 Å². The van der Waals surface area contributed by atoms with Crippen LogP contribution in [0.1, 0.15) is 53.9 Å². The molecule has 0 spiro atoms. The van der Waals surface area contributed by atoms with Crippen molar-refractivity contribution in [2.75, 3.05) is 18.4 Å². The molecule has 3 N–H and O–H groups in total. The van der Waals surface area contributed by atoms with Crippen molar-refractivity contribution in [3.63, 3.8) is 0 Å². The van der Waals surface area contributed by atoms with Crippen molar-refractivity contribution in [2.24, 2.45) is 7.05 Å². The van der Waals surface area contributed by atoms with Gasteiger partial charge in [-0.1, -0.05) is 13.8 Å². The summed E-state index contributed by atoms with van der Waals surface area (Å²) in [7, 11) is -1.64. The number of imidazole rings is 1. The van der Waals surface area contributed by atoms with E-state index in [9.17, 15) is 26.4 Å². The molecule has 11 nitrogen and oxygen atoms in total. The lowest BCUT2D eigenvalue weighted by atomic mass is 10.0. The molecule has 1 amide bonds. The van der Waals surface area contributed by atoms with Gasteiger partial charge in [0.05, 0.1) is 16.3 Å². The number of pyridine rings is 1. The molecule has 44 heavy (non-hydrogen) atoms. The zero-order valence-electron chi connectivity index (χ0n) is 24.7. The van der Waals surface area contributed by atoms with Gasteiger partial charge < -0.3 is 24.7 Å². The molecular weight excluding hydrogens is 601 g/mol. The second kappa shape index (κ2) is 13.1. The third-order valence-electron chi connectivity index (χ3n) is 6.50. The molecule has 0 aliphatic heterocycles. The summed E-state index contributed by atoms with van der Waals surface area (Å²) in [6.07, 6.45) is -3.37. The average Bonchev–Trinajstić information content (AvgIpc) is 3.24. The van der Waals surface area contributed by atoms with Crippen LogP contribution in [0.2, 0.25) is 0 Å². The molecule has 0 aliphatic rings. The van der Waals surface area contributed by atoms with Gasteiger partial charge >= 0.3 is 6.36 Å². The minimum atomic E-state index is -4.79. The molecule has 242 valence electrons. The number of hydrogen-bond acceptors (Lipinski definition) is 8. The fourth-order valence-electron chi connectivity index (χ4n) is 4.14. The topological polar surface area (TPSA) is 136 Å². The summed E-state index contributed by atoms with van der Waals surface area (Å²) in [6.45, 7) is 6.79. The number of hydrogen-bond donors (Lipinski definition) is 3. The molecule has 2 aromatic heterocycles. The number of carbonyl (C=O) groups is 1. The molecule has 0 unspecified atom stereocenters. The highest BCUT2D eigenvalue weighted by molar-refractivity contribution is 7.90. The maximum Gasteiger partial charge on any atom is 0.573 e. The Kier molecular flexibility index (Phi) is 9.69. The highest BCUT2D eigenvalue weighted by Gasteiger charge is 2.32. The number of aromatic nitrogens is 3. The van der Waals surface area contributed by atoms with Crippen LogP contribution >= 0.6 is 0 Å². The van der Waals surface area contributed by atoms with E-state index in [1.54, 1.807) is 69.6 Å². The minimum absolute atomic E-state index is 0. The first-order valence-electron chi connectivity index (χ1n) is 13.7.